The zero-order valence-corrected chi connectivity index (χ0v) is 12.0. The largest absolute Gasteiger partial charge is 0.424 e. The highest BCUT2D eigenvalue weighted by Crippen LogP contribution is 2.41. The molecule has 5 nitrogen and oxygen atoms in total. The molecule has 0 radical (unpaired) electrons. The fourth-order valence-corrected chi connectivity index (χ4v) is 2.05. The van der Waals surface area contributed by atoms with Crippen molar-refractivity contribution in [1.82, 2.24) is 4.98 Å². The SMILES string of the molecule is O=C(Nc1cncc(F)c1)C(O)C(O)(c1ccccc1)C(F)(F)F. The van der Waals surface area contributed by atoms with Crippen molar-refractivity contribution in [1.29, 1.82) is 0 Å². The highest BCUT2D eigenvalue weighted by Gasteiger charge is 2.61. The van der Waals surface area contributed by atoms with Crippen LogP contribution in [0, 0.1) is 5.82 Å². The normalized spacial score (nSPS) is 15.4. The number of aromatic nitrogens is 1. The Balaban J connectivity index is 2.35. The molecule has 2 rings (SSSR count). The number of nitrogens with one attached hydrogen (secondary N) is 1. The zero-order valence-electron chi connectivity index (χ0n) is 12.0. The Hall–Kier alpha value is -2.52. The van der Waals surface area contributed by atoms with Crippen LogP contribution in [0.25, 0.3) is 0 Å². The first-order valence-electron chi connectivity index (χ1n) is 6.60. The van der Waals surface area contributed by atoms with Gasteiger partial charge in [-0.2, -0.15) is 13.2 Å². The maximum atomic E-state index is 13.3. The Morgan fingerprint density at radius 1 is 1.17 bits per heavy atom. The standard InChI is InChI=1S/C15H12F4N2O3/c16-10-6-11(8-20-7-10)21-13(23)12(22)14(24,15(17,18)19)9-4-2-1-3-5-9/h1-8,12,22,24H,(H,21,23). The van der Waals surface area contributed by atoms with Crippen molar-refractivity contribution >= 4 is 11.6 Å². The molecule has 2 atom stereocenters. The van der Waals surface area contributed by atoms with Crippen molar-refractivity contribution in [3.63, 3.8) is 0 Å². The zero-order chi connectivity index (χ0) is 18.0. The molecule has 0 saturated carbocycles. The van der Waals surface area contributed by atoms with E-state index in [1.807, 2.05) is 5.32 Å². The van der Waals surface area contributed by atoms with Crippen molar-refractivity contribution < 1.29 is 32.6 Å². The fourth-order valence-electron chi connectivity index (χ4n) is 2.05. The van der Waals surface area contributed by atoms with Gasteiger partial charge in [0.15, 0.2) is 6.10 Å². The minimum atomic E-state index is -5.34. The van der Waals surface area contributed by atoms with Gasteiger partial charge in [-0.05, 0) is 5.56 Å². The summed E-state index contributed by atoms with van der Waals surface area (Å²) in [6.45, 7) is 0. The van der Waals surface area contributed by atoms with Gasteiger partial charge in [0.1, 0.15) is 5.82 Å². The average Bonchev–Trinajstić information content (AvgIpc) is 2.53. The minimum Gasteiger partial charge on any atom is -0.380 e. The number of carbonyl (C=O) groups is 1. The number of rotatable bonds is 4. The van der Waals surface area contributed by atoms with E-state index in [0.717, 1.165) is 30.6 Å². The van der Waals surface area contributed by atoms with Gasteiger partial charge in [0.05, 0.1) is 18.1 Å². The summed E-state index contributed by atoms with van der Waals surface area (Å²) in [7, 11) is 0. The Kier molecular flexibility index (Phi) is 4.86. The molecule has 0 fully saturated rings. The van der Waals surface area contributed by atoms with Crippen molar-refractivity contribution in [2.75, 3.05) is 5.32 Å². The molecule has 0 spiro atoms. The second kappa shape index (κ2) is 6.54. The maximum absolute atomic E-state index is 13.3. The van der Waals surface area contributed by atoms with E-state index in [2.05, 4.69) is 4.98 Å². The summed E-state index contributed by atoms with van der Waals surface area (Å²) < 4.78 is 53.0. The smallest absolute Gasteiger partial charge is 0.380 e. The number of carbonyl (C=O) groups excluding carboxylic acids is 1. The van der Waals surface area contributed by atoms with E-state index >= 15 is 0 Å². The van der Waals surface area contributed by atoms with Crippen LogP contribution in [0.4, 0.5) is 23.2 Å². The van der Waals surface area contributed by atoms with Crippen LogP contribution in [-0.2, 0) is 10.4 Å². The molecule has 0 aliphatic carbocycles. The summed E-state index contributed by atoms with van der Waals surface area (Å²) in [6.07, 6.45) is -6.43. The summed E-state index contributed by atoms with van der Waals surface area (Å²) >= 11 is 0. The number of hydrogen-bond donors (Lipinski definition) is 3. The van der Waals surface area contributed by atoms with Gasteiger partial charge < -0.3 is 15.5 Å². The van der Waals surface area contributed by atoms with Crippen molar-refractivity contribution in [3.05, 3.63) is 60.2 Å². The number of aliphatic hydroxyl groups excluding tert-OH is 1. The Morgan fingerprint density at radius 3 is 2.33 bits per heavy atom. The van der Waals surface area contributed by atoms with E-state index in [0.29, 0.717) is 0 Å². The highest BCUT2D eigenvalue weighted by molar-refractivity contribution is 5.95. The Morgan fingerprint density at radius 2 is 1.79 bits per heavy atom. The molecule has 2 unspecified atom stereocenters. The van der Waals surface area contributed by atoms with Gasteiger partial charge >= 0.3 is 6.18 Å². The number of pyridine rings is 1. The Labute approximate surface area is 133 Å². The lowest BCUT2D eigenvalue weighted by atomic mass is 9.86. The van der Waals surface area contributed by atoms with Crippen molar-refractivity contribution in [2.24, 2.45) is 0 Å². The first-order valence-corrected chi connectivity index (χ1v) is 6.60. The van der Waals surface area contributed by atoms with Gasteiger partial charge in [-0.1, -0.05) is 30.3 Å². The summed E-state index contributed by atoms with van der Waals surface area (Å²) in [5.41, 5.74) is -4.81. The molecule has 3 N–H and O–H groups in total. The molecule has 2 aromatic rings. The molecule has 1 heterocycles. The number of hydrogen-bond acceptors (Lipinski definition) is 4. The van der Waals surface area contributed by atoms with Crippen LogP contribution in [0.15, 0.2) is 48.8 Å². The number of amides is 1. The quantitative estimate of drug-likeness (QED) is 0.741. The lowest BCUT2D eigenvalue weighted by molar-refractivity contribution is -0.292. The third-order valence-corrected chi connectivity index (χ3v) is 3.26. The summed E-state index contributed by atoms with van der Waals surface area (Å²) in [4.78, 5) is 15.3. The third kappa shape index (κ3) is 3.36. The van der Waals surface area contributed by atoms with Crippen LogP contribution >= 0.6 is 0 Å². The fraction of sp³-hybridized carbons (Fsp3) is 0.200. The molecule has 0 saturated heterocycles. The molecule has 0 bridgehead atoms. The molecule has 0 aliphatic heterocycles. The van der Waals surface area contributed by atoms with Crippen molar-refractivity contribution in [3.8, 4) is 0 Å². The van der Waals surface area contributed by atoms with E-state index < -0.39 is 35.2 Å². The van der Waals surface area contributed by atoms with Crippen LogP contribution < -0.4 is 5.32 Å². The van der Waals surface area contributed by atoms with Gasteiger partial charge in [-0.3, -0.25) is 9.78 Å². The number of halogens is 4. The molecule has 1 aromatic carbocycles. The number of benzene rings is 1. The van der Waals surface area contributed by atoms with Gasteiger partial charge in [0.25, 0.3) is 5.91 Å². The van der Waals surface area contributed by atoms with Crippen LogP contribution in [0.3, 0.4) is 0 Å². The van der Waals surface area contributed by atoms with E-state index in [4.69, 9.17) is 0 Å². The molecule has 0 aliphatic rings. The van der Waals surface area contributed by atoms with Gasteiger partial charge in [-0.25, -0.2) is 4.39 Å². The van der Waals surface area contributed by atoms with Gasteiger partial charge in [0.2, 0.25) is 5.60 Å². The predicted octanol–water partition coefficient (Wildman–Crippen LogP) is 1.97. The van der Waals surface area contributed by atoms with Crippen molar-refractivity contribution in [2.45, 2.75) is 17.9 Å². The summed E-state index contributed by atoms with van der Waals surface area (Å²) in [5.74, 6) is -2.40. The number of alkyl halides is 3. The monoisotopic (exact) mass is 344 g/mol. The molecule has 1 aromatic heterocycles. The first kappa shape index (κ1) is 17.8. The molecular formula is C15H12F4N2O3. The first-order chi connectivity index (χ1) is 11.2. The number of anilines is 1. The predicted molar refractivity (Wildman–Crippen MR) is 75.2 cm³/mol. The topological polar surface area (TPSA) is 82.5 Å². The Bertz CT molecular complexity index is 724. The van der Waals surface area contributed by atoms with Gasteiger partial charge in [-0.15, -0.1) is 0 Å². The lowest BCUT2D eigenvalue weighted by Crippen LogP contribution is -2.56. The van der Waals surface area contributed by atoms with E-state index in [9.17, 15) is 32.6 Å². The van der Waals surface area contributed by atoms with Crippen LogP contribution in [-0.4, -0.2) is 33.4 Å². The second-order valence-electron chi connectivity index (χ2n) is 4.91. The summed E-state index contributed by atoms with van der Waals surface area (Å²) in [6, 6.07) is 6.49. The molecular weight excluding hydrogens is 332 g/mol. The third-order valence-electron chi connectivity index (χ3n) is 3.26. The molecule has 128 valence electrons. The van der Waals surface area contributed by atoms with Crippen LogP contribution in [0.2, 0.25) is 0 Å². The van der Waals surface area contributed by atoms with Crippen LogP contribution in [0.5, 0.6) is 0 Å². The number of nitrogens with zero attached hydrogens (tertiary/aromatic N) is 1. The lowest BCUT2D eigenvalue weighted by Gasteiger charge is -2.34. The van der Waals surface area contributed by atoms with E-state index in [1.165, 1.54) is 18.2 Å². The minimum absolute atomic E-state index is 0.267. The number of aliphatic hydroxyl groups is 2. The maximum Gasteiger partial charge on any atom is 0.424 e. The average molecular weight is 344 g/mol. The van der Waals surface area contributed by atoms with E-state index in [1.54, 1.807) is 0 Å². The highest BCUT2D eigenvalue weighted by atomic mass is 19.4. The second-order valence-corrected chi connectivity index (χ2v) is 4.91. The van der Waals surface area contributed by atoms with E-state index in [-0.39, 0.29) is 5.69 Å². The molecule has 24 heavy (non-hydrogen) atoms. The molecule has 9 heteroatoms. The van der Waals surface area contributed by atoms with Gasteiger partial charge in [0, 0.05) is 6.07 Å². The summed E-state index contributed by atoms with van der Waals surface area (Å²) in [5, 5.41) is 21.8. The molecule has 1 amide bonds. The van der Waals surface area contributed by atoms with Crippen LogP contribution in [0.1, 0.15) is 5.56 Å².